The van der Waals surface area contributed by atoms with Crippen LogP contribution in [0, 0.1) is 5.41 Å². The van der Waals surface area contributed by atoms with E-state index in [9.17, 15) is 14.7 Å². The second kappa shape index (κ2) is 8.94. The zero-order valence-corrected chi connectivity index (χ0v) is 19.1. The third-order valence-electron chi connectivity index (χ3n) is 6.86. The minimum atomic E-state index is -1.09. The topological polar surface area (TPSA) is 126 Å². The summed E-state index contributed by atoms with van der Waals surface area (Å²) in [6, 6.07) is 1.54. The highest BCUT2D eigenvalue weighted by atomic mass is 16.6. The van der Waals surface area contributed by atoms with Gasteiger partial charge in [0, 0.05) is 24.0 Å². The maximum atomic E-state index is 12.8. The summed E-state index contributed by atoms with van der Waals surface area (Å²) in [5.41, 5.74) is 0.374. The Morgan fingerprint density at radius 1 is 1.12 bits per heavy atom. The molecule has 1 aliphatic carbocycles. The molecule has 4 rings (SSSR count). The van der Waals surface area contributed by atoms with Gasteiger partial charge in [0.2, 0.25) is 11.9 Å². The SMILES string of the molecule is CC(C)(C)c1ccnc(N[C@H]2CO[C@H]3[C@@H]2OC[C@@H]3NC(=O)CC2(CC(=O)[O-])CCCC2)n1. The van der Waals surface area contributed by atoms with Crippen molar-refractivity contribution in [3.05, 3.63) is 18.0 Å². The number of hydrogen-bond acceptors (Lipinski definition) is 8. The first kappa shape index (κ1) is 22.9. The maximum Gasteiger partial charge on any atom is 0.223 e. The molecule has 2 N–H and O–H groups in total. The Kier molecular flexibility index (Phi) is 6.40. The lowest BCUT2D eigenvalue weighted by molar-refractivity contribution is -0.308. The zero-order chi connectivity index (χ0) is 22.9. The Hall–Kier alpha value is -2.26. The predicted octanol–water partition coefficient (Wildman–Crippen LogP) is 0.928. The van der Waals surface area contributed by atoms with E-state index in [1.165, 1.54) is 0 Å². The van der Waals surface area contributed by atoms with Crippen LogP contribution in [0.3, 0.4) is 0 Å². The van der Waals surface area contributed by atoms with E-state index in [4.69, 9.17) is 9.47 Å². The van der Waals surface area contributed by atoms with Gasteiger partial charge in [-0.3, -0.25) is 4.79 Å². The Morgan fingerprint density at radius 3 is 2.44 bits per heavy atom. The van der Waals surface area contributed by atoms with E-state index in [1.54, 1.807) is 6.20 Å². The zero-order valence-electron chi connectivity index (χ0n) is 19.1. The summed E-state index contributed by atoms with van der Waals surface area (Å²) < 4.78 is 11.9. The van der Waals surface area contributed by atoms with Gasteiger partial charge in [-0.25, -0.2) is 9.97 Å². The van der Waals surface area contributed by atoms with Crippen LogP contribution in [-0.2, 0) is 24.5 Å². The number of rotatable bonds is 7. The van der Waals surface area contributed by atoms with Crippen molar-refractivity contribution in [2.45, 2.75) is 89.0 Å². The van der Waals surface area contributed by atoms with Crippen molar-refractivity contribution < 1.29 is 24.2 Å². The molecule has 32 heavy (non-hydrogen) atoms. The highest BCUT2D eigenvalue weighted by Crippen LogP contribution is 2.44. The average molecular weight is 446 g/mol. The summed E-state index contributed by atoms with van der Waals surface area (Å²) in [4.78, 5) is 32.9. The van der Waals surface area contributed by atoms with Crippen LogP contribution in [0.2, 0.25) is 0 Å². The molecule has 0 aromatic carbocycles. The number of carbonyl (C=O) groups excluding carboxylic acids is 2. The highest BCUT2D eigenvalue weighted by Gasteiger charge is 2.49. The van der Waals surface area contributed by atoms with Gasteiger partial charge < -0.3 is 30.0 Å². The van der Waals surface area contributed by atoms with Gasteiger partial charge in [0.1, 0.15) is 12.2 Å². The van der Waals surface area contributed by atoms with E-state index in [0.717, 1.165) is 31.4 Å². The van der Waals surface area contributed by atoms with E-state index in [0.29, 0.717) is 19.2 Å². The van der Waals surface area contributed by atoms with Gasteiger partial charge in [0.25, 0.3) is 0 Å². The van der Waals surface area contributed by atoms with Gasteiger partial charge in [-0.1, -0.05) is 33.6 Å². The molecule has 176 valence electrons. The molecule has 9 nitrogen and oxygen atoms in total. The van der Waals surface area contributed by atoms with Crippen LogP contribution in [0.1, 0.15) is 65.0 Å². The van der Waals surface area contributed by atoms with Gasteiger partial charge in [-0.15, -0.1) is 0 Å². The fraction of sp³-hybridized carbons (Fsp3) is 0.739. The fourth-order valence-corrected chi connectivity index (χ4v) is 5.20. The summed E-state index contributed by atoms with van der Waals surface area (Å²) in [7, 11) is 0. The first-order valence-corrected chi connectivity index (χ1v) is 11.5. The summed E-state index contributed by atoms with van der Waals surface area (Å²) in [5.74, 6) is -0.702. The molecule has 0 radical (unpaired) electrons. The number of nitrogens with one attached hydrogen (secondary N) is 2. The number of anilines is 1. The van der Waals surface area contributed by atoms with Crippen LogP contribution >= 0.6 is 0 Å². The number of amides is 1. The number of ether oxygens (including phenoxy) is 2. The molecular formula is C23H33N4O5-. The molecular weight excluding hydrogens is 412 g/mol. The summed E-state index contributed by atoms with van der Waals surface area (Å²) in [6.45, 7) is 7.09. The number of nitrogens with zero attached hydrogens (tertiary/aromatic N) is 2. The van der Waals surface area contributed by atoms with E-state index < -0.39 is 11.4 Å². The largest absolute Gasteiger partial charge is 0.550 e. The number of carbonyl (C=O) groups is 2. The third-order valence-corrected chi connectivity index (χ3v) is 6.86. The van der Waals surface area contributed by atoms with E-state index in [1.807, 2.05) is 6.07 Å². The van der Waals surface area contributed by atoms with Gasteiger partial charge in [0.15, 0.2) is 0 Å². The van der Waals surface area contributed by atoms with E-state index >= 15 is 0 Å². The molecule has 3 heterocycles. The number of hydrogen-bond donors (Lipinski definition) is 2. The molecule has 0 bridgehead atoms. The summed E-state index contributed by atoms with van der Waals surface area (Å²) in [5, 5.41) is 17.6. The molecule has 2 saturated heterocycles. The maximum absolute atomic E-state index is 12.8. The number of carboxylic acids is 1. The molecule has 0 spiro atoms. The second-order valence-electron chi connectivity index (χ2n) is 10.5. The van der Waals surface area contributed by atoms with Gasteiger partial charge >= 0.3 is 0 Å². The predicted molar refractivity (Wildman–Crippen MR) is 115 cm³/mol. The van der Waals surface area contributed by atoms with Crippen LogP contribution in [0.15, 0.2) is 12.3 Å². The molecule has 1 amide bonds. The van der Waals surface area contributed by atoms with Gasteiger partial charge in [-0.05, 0) is 30.7 Å². The van der Waals surface area contributed by atoms with E-state index in [2.05, 4.69) is 41.4 Å². The Bertz CT molecular complexity index is 849. The van der Waals surface area contributed by atoms with E-state index in [-0.39, 0.29) is 48.5 Å². The van der Waals surface area contributed by atoms with Crippen LogP contribution in [0.4, 0.5) is 5.95 Å². The number of carboxylic acid groups (broad SMARTS) is 1. The molecule has 2 aliphatic heterocycles. The molecule has 1 aromatic rings. The monoisotopic (exact) mass is 445 g/mol. The lowest BCUT2D eigenvalue weighted by Crippen LogP contribution is -2.46. The molecule has 4 atom stereocenters. The Labute approximate surface area is 188 Å². The molecule has 9 heteroatoms. The second-order valence-corrected chi connectivity index (χ2v) is 10.5. The summed E-state index contributed by atoms with van der Waals surface area (Å²) >= 11 is 0. The molecule has 3 aliphatic rings. The van der Waals surface area contributed by atoms with Crippen molar-refractivity contribution >= 4 is 17.8 Å². The van der Waals surface area contributed by atoms with Crippen LogP contribution in [-0.4, -0.2) is 59.3 Å². The normalized spacial score (nSPS) is 29.0. The van der Waals surface area contributed by atoms with Crippen LogP contribution in [0.5, 0.6) is 0 Å². The molecule has 1 aromatic heterocycles. The molecule has 0 unspecified atom stereocenters. The standard InChI is InChI=1S/C23H34N4O5/c1-22(2,3)16-6-9-24-21(27-16)26-15-13-32-19-14(12-31-20(15)19)25-17(28)10-23(11-18(29)30)7-4-5-8-23/h6,9,14-15,19-20H,4-5,7-8,10-13H2,1-3H3,(H,25,28)(H,29,30)(H,24,26,27)/p-1/t14-,15-,19+,20+/m0/s1. The van der Waals surface area contributed by atoms with Crippen molar-refractivity contribution in [3.8, 4) is 0 Å². The average Bonchev–Trinajstić information content (AvgIpc) is 3.40. The van der Waals surface area contributed by atoms with Gasteiger partial charge in [-0.2, -0.15) is 0 Å². The highest BCUT2D eigenvalue weighted by molar-refractivity contribution is 5.78. The molecule has 3 fully saturated rings. The van der Waals surface area contributed by atoms with Gasteiger partial charge in [0.05, 0.1) is 31.0 Å². The third kappa shape index (κ3) is 5.04. The summed E-state index contributed by atoms with van der Waals surface area (Å²) in [6.07, 6.45) is 4.80. The van der Waals surface area contributed by atoms with Crippen LogP contribution < -0.4 is 15.7 Å². The number of fused-ring (bicyclic) bond motifs is 1. The number of aliphatic carboxylic acids is 1. The molecule has 1 saturated carbocycles. The lowest BCUT2D eigenvalue weighted by Gasteiger charge is -2.29. The Morgan fingerprint density at radius 2 is 1.78 bits per heavy atom. The minimum Gasteiger partial charge on any atom is -0.550 e. The van der Waals surface area contributed by atoms with Crippen molar-refractivity contribution in [1.29, 1.82) is 0 Å². The van der Waals surface area contributed by atoms with Crippen LogP contribution in [0.25, 0.3) is 0 Å². The van der Waals surface area contributed by atoms with Crippen molar-refractivity contribution in [1.82, 2.24) is 15.3 Å². The number of aromatic nitrogens is 2. The smallest absolute Gasteiger partial charge is 0.223 e. The minimum absolute atomic E-state index is 0.0657. The van der Waals surface area contributed by atoms with Crippen molar-refractivity contribution in [2.75, 3.05) is 18.5 Å². The first-order valence-electron chi connectivity index (χ1n) is 11.5. The Balaban J connectivity index is 1.34. The quantitative estimate of drug-likeness (QED) is 0.635. The lowest BCUT2D eigenvalue weighted by atomic mass is 9.79. The van der Waals surface area contributed by atoms with Crippen molar-refractivity contribution in [2.24, 2.45) is 5.41 Å². The first-order chi connectivity index (χ1) is 15.2. The van der Waals surface area contributed by atoms with Crippen molar-refractivity contribution in [3.63, 3.8) is 0 Å². The fourth-order valence-electron chi connectivity index (χ4n) is 5.20.